The number of aromatic amines is 1. The van der Waals surface area contributed by atoms with E-state index in [-0.39, 0.29) is 28.4 Å². The fourth-order valence-corrected chi connectivity index (χ4v) is 3.49. The normalized spacial score (nSPS) is 10.4. The van der Waals surface area contributed by atoms with Gasteiger partial charge >= 0.3 is 0 Å². The molecule has 1 aromatic heterocycles. The Labute approximate surface area is 186 Å². The molecule has 0 aliphatic rings. The van der Waals surface area contributed by atoms with E-state index in [1.807, 2.05) is 0 Å². The fraction of sp³-hybridized carbons (Fsp3) is 0.150. The molecular weight excluding hydrogens is 442 g/mol. The number of hydrogen-bond acceptors (Lipinski definition) is 7. The summed E-state index contributed by atoms with van der Waals surface area (Å²) in [6, 6.07) is 11.7. The van der Waals surface area contributed by atoms with Crippen molar-refractivity contribution in [1.29, 1.82) is 0 Å². The number of amides is 2. The standard InChI is InChI=1S/C20H18ClN5O4S/c1-11(27)22-15-6-4-3-5-13(15)18-19(29)24-20(26-25-18)31-10-17(28)23-12-7-8-16(30-2)14(21)9-12/h3-9H,10H2,1-2H3,(H,22,27)(H,23,28)(H,24,26,29). The number of carbonyl (C=O) groups is 2. The highest BCUT2D eigenvalue weighted by Crippen LogP contribution is 2.27. The number of rotatable bonds is 7. The number of halogens is 1. The van der Waals surface area contributed by atoms with Crippen molar-refractivity contribution in [3.63, 3.8) is 0 Å². The molecule has 11 heteroatoms. The number of para-hydroxylation sites is 1. The summed E-state index contributed by atoms with van der Waals surface area (Å²) < 4.78 is 5.07. The minimum absolute atomic E-state index is 0.00388. The Morgan fingerprint density at radius 2 is 1.94 bits per heavy atom. The van der Waals surface area contributed by atoms with Crippen LogP contribution in [0.25, 0.3) is 11.3 Å². The van der Waals surface area contributed by atoms with Crippen molar-refractivity contribution >= 4 is 46.6 Å². The van der Waals surface area contributed by atoms with Crippen LogP contribution < -0.4 is 20.9 Å². The molecule has 0 aliphatic heterocycles. The van der Waals surface area contributed by atoms with E-state index in [0.717, 1.165) is 11.8 Å². The van der Waals surface area contributed by atoms with E-state index in [1.165, 1.54) is 14.0 Å². The quantitative estimate of drug-likeness (QED) is 0.463. The maximum Gasteiger partial charge on any atom is 0.278 e. The van der Waals surface area contributed by atoms with Crippen LogP contribution in [0.15, 0.2) is 52.4 Å². The minimum Gasteiger partial charge on any atom is -0.495 e. The molecule has 0 saturated heterocycles. The topological polar surface area (TPSA) is 126 Å². The third-order valence-corrected chi connectivity index (χ3v) is 5.10. The molecule has 3 rings (SSSR count). The molecular formula is C20H18ClN5O4S. The van der Waals surface area contributed by atoms with Gasteiger partial charge in [0.05, 0.1) is 23.6 Å². The molecule has 160 valence electrons. The Bertz CT molecular complexity index is 1180. The summed E-state index contributed by atoms with van der Waals surface area (Å²) in [6.45, 7) is 1.37. The monoisotopic (exact) mass is 459 g/mol. The molecule has 0 atom stereocenters. The van der Waals surface area contributed by atoms with Gasteiger partial charge in [-0.15, -0.1) is 10.2 Å². The molecule has 0 spiro atoms. The predicted molar refractivity (Wildman–Crippen MR) is 120 cm³/mol. The second kappa shape index (κ2) is 10.1. The average Bonchev–Trinajstić information content (AvgIpc) is 2.73. The number of nitrogens with one attached hydrogen (secondary N) is 3. The van der Waals surface area contributed by atoms with E-state index >= 15 is 0 Å². The van der Waals surface area contributed by atoms with Crippen molar-refractivity contribution in [3.8, 4) is 17.0 Å². The van der Waals surface area contributed by atoms with Crippen LogP contribution in [0.5, 0.6) is 5.75 Å². The molecule has 0 bridgehead atoms. The van der Waals surface area contributed by atoms with E-state index < -0.39 is 5.56 Å². The second-order valence-corrected chi connectivity index (χ2v) is 7.59. The number of carbonyl (C=O) groups excluding carboxylic acids is 2. The zero-order valence-corrected chi connectivity index (χ0v) is 18.1. The summed E-state index contributed by atoms with van der Waals surface area (Å²) in [5.74, 6) is -0.0833. The number of nitrogens with zero attached hydrogens (tertiary/aromatic N) is 2. The lowest BCUT2D eigenvalue weighted by atomic mass is 10.1. The van der Waals surface area contributed by atoms with Crippen LogP contribution in [-0.2, 0) is 9.59 Å². The number of aromatic nitrogens is 3. The molecule has 31 heavy (non-hydrogen) atoms. The van der Waals surface area contributed by atoms with Crippen LogP contribution in [0, 0.1) is 0 Å². The summed E-state index contributed by atoms with van der Waals surface area (Å²) >= 11 is 7.07. The molecule has 9 nitrogen and oxygen atoms in total. The van der Waals surface area contributed by atoms with E-state index in [9.17, 15) is 14.4 Å². The molecule has 0 radical (unpaired) electrons. The summed E-state index contributed by atoms with van der Waals surface area (Å²) in [6.07, 6.45) is 0. The molecule has 3 N–H and O–H groups in total. The second-order valence-electron chi connectivity index (χ2n) is 6.22. The van der Waals surface area contributed by atoms with E-state index in [4.69, 9.17) is 16.3 Å². The summed E-state index contributed by atoms with van der Waals surface area (Å²) in [5, 5.41) is 13.9. The third kappa shape index (κ3) is 5.83. The number of benzene rings is 2. The molecule has 2 aromatic carbocycles. The van der Waals surface area contributed by atoms with Crippen LogP contribution >= 0.6 is 23.4 Å². The number of anilines is 2. The van der Waals surface area contributed by atoms with Crippen molar-refractivity contribution in [1.82, 2.24) is 15.2 Å². The largest absolute Gasteiger partial charge is 0.495 e. The Balaban J connectivity index is 1.67. The molecule has 0 unspecified atom stereocenters. The van der Waals surface area contributed by atoms with E-state index in [1.54, 1.807) is 42.5 Å². The van der Waals surface area contributed by atoms with Crippen LogP contribution in [0.4, 0.5) is 11.4 Å². The number of thioether (sulfide) groups is 1. The van der Waals surface area contributed by atoms with Gasteiger partial charge in [-0.3, -0.25) is 19.4 Å². The third-order valence-electron chi connectivity index (χ3n) is 3.94. The first-order chi connectivity index (χ1) is 14.9. The Morgan fingerprint density at radius 3 is 2.61 bits per heavy atom. The lowest BCUT2D eigenvalue weighted by Crippen LogP contribution is -2.18. The van der Waals surface area contributed by atoms with Gasteiger partial charge in [-0.05, 0) is 24.3 Å². The summed E-state index contributed by atoms with van der Waals surface area (Å²) in [5.41, 5.74) is 0.981. The maximum absolute atomic E-state index is 12.5. The predicted octanol–water partition coefficient (Wildman–Crippen LogP) is 3.18. The summed E-state index contributed by atoms with van der Waals surface area (Å²) in [4.78, 5) is 38.7. The van der Waals surface area contributed by atoms with E-state index in [0.29, 0.717) is 27.7 Å². The van der Waals surface area contributed by atoms with Crippen LogP contribution in [0.2, 0.25) is 5.02 Å². The van der Waals surface area contributed by atoms with Crippen LogP contribution in [0.1, 0.15) is 6.92 Å². The highest BCUT2D eigenvalue weighted by molar-refractivity contribution is 7.99. The minimum atomic E-state index is -0.488. The molecule has 3 aromatic rings. The lowest BCUT2D eigenvalue weighted by Gasteiger charge is -2.09. The maximum atomic E-state index is 12.5. The van der Waals surface area contributed by atoms with Gasteiger partial charge < -0.3 is 15.4 Å². The Kier molecular flexibility index (Phi) is 7.27. The zero-order valence-electron chi connectivity index (χ0n) is 16.6. The van der Waals surface area contributed by atoms with Gasteiger partial charge in [-0.25, -0.2) is 0 Å². The molecule has 0 aliphatic carbocycles. The van der Waals surface area contributed by atoms with Crippen LogP contribution in [-0.4, -0.2) is 39.9 Å². The fourth-order valence-electron chi connectivity index (χ4n) is 2.63. The highest BCUT2D eigenvalue weighted by Gasteiger charge is 2.14. The Morgan fingerprint density at radius 1 is 1.16 bits per heavy atom. The van der Waals surface area contributed by atoms with Gasteiger partial charge in [0.2, 0.25) is 11.8 Å². The van der Waals surface area contributed by atoms with Gasteiger partial charge in [-0.1, -0.05) is 41.6 Å². The number of hydrogen-bond donors (Lipinski definition) is 3. The number of methoxy groups -OCH3 is 1. The van der Waals surface area contributed by atoms with Crippen molar-refractivity contribution < 1.29 is 14.3 Å². The average molecular weight is 460 g/mol. The van der Waals surface area contributed by atoms with Crippen molar-refractivity contribution in [2.75, 3.05) is 23.5 Å². The zero-order chi connectivity index (χ0) is 22.4. The van der Waals surface area contributed by atoms with Gasteiger partial charge in [0.1, 0.15) is 5.75 Å². The van der Waals surface area contributed by atoms with Gasteiger partial charge in [0.15, 0.2) is 10.9 Å². The van der Waals surface area contributed by atoms with Crippen molar-refractivity contribution in [3.05, 3.63) is 57.8 Å². The highest BCUT2D eigenvalue weighted by atomic mass is 35.5. The SMILES string of the molecule is COc1ccc(NC(=O)CSc2nnc(-c3ccccc3NC(C)=O)c(=O)[nH]2)cc1Cl. The number of H-pyrrole nitrogens is 1. The molecule has 0 fully saturated rings. The van der Waals surface area contributed by atoms with E-state index in [2.05, 4.69) is 25.8 Å². The molecule has 1 heterocycles. The number of ether oxygens (including phenoxy) is 1. The first-order valence-corrected chi connectivity index (χ1v) is 10.3. The molecule has 2 amide bonds. The molecule has 0 saturated carbocycles. The first-order valence-electron chi connectivity index (χ1n) is 8.97. The van der Waals surface area contributed by atoms with Gasteiger partial charge in [0.25, 0.3) is 5.56 Å². The van der Waals surface area contributed by atoms with Crippen LogP contribution in [0.3, 0.4) is 0 Å². The van der Waals surface area contributed by atoms with Gasteiger partial charge in [0, 0.05) is 18.2 Å². The lowest BCUT2D eigenvalue weighted by molar-refractivity contribution is -0.114. The summed E-state index contributed by atoms with van der Waals surface area (Å²) in [7, 11) is 1.50. The van der Waals surface area contributed by atoms with Gasteiger partial charge in [-0.2, -0.15) is 0 Å². The Hall–Kier alpha value is -3.37. The smallest absolute Gasteiger partial charge is 0.278 e. The van der Waals surface area contributed by atoms with Crippen molar-refractivity contribution in [2.45, 2.75) is 12.1 Å². The van der Waals surface area contributed by atoms with Crippen molar-refractivity contribution in [2.24, 2.45) is 0 Å². The first kappa shape index (κ1) is 22.3.